The first-order valence-electron chi connectivity index (χ1n) is 5.67. The molecule has 1 aromatic rings. The van der Waals surface area contributed by atoms with Crippen LogP contribution >= 0.6 is 23.5 Å². The van der Waals surface area contributed by atoms with Gasteiger partial charge in [0.05, 0.1) is 10.9 Å². The third-order valence-electron chi connectivity index (χ3n) is 2.41. The fraction of sp³-hybridized carbons (Fsp3) is 0.167. The summed E-state index contributed by atoms with van der Waals surface area (Å²) in [5.74, 6) is -2.13. The minimum atomic E-state index is -4.98. The standard InChI is InChI=1S/C12H9ClF3N3OS/c13-9-5-4-8(18-21-9)7-19-6-2-1-3-10(19)17-11(20)12(14,15)16/h1-6,18H,7H2. The topological polar surface area (TPSA) is 46.4 Å². The lowest BCUT2D eigenvalue weighted by atomic mass is 10.3. The zero-order chi connectivity index (χ0) is 15.5. The molecule has 1 aliphatic rings. The van der Waals surface area contributed by atoms with Crippen LogP contribution in [0, 0.1) is 0 Å². The van der Waals surface area contributed by atoms with Gasteiger partial charge in [-0.3, -0.25) is 4.79 Å². The number of alkyl halides is 3. The predicted molar refractivity (Wildman–Crippen MR) is 73.8 cm³/mol. The average molecular weight is 336 g/mol. The van der Waals surface area contributed by atoms with E-state index < -0.39 is 12.1 Å². The molecule has 0 saturated heterocycles. The number of nitrogens with zero attached hydrogens (tertiary/aromatic N) is 2. The molecule has 0 radical (unpaired) electrons. The van der Waals surface area contributed by atoms with Crippen LogP contribution in [0.2, 0.25) is 0 Å². The molecular formula is C12H9ClF3N3OS. The van der Waals surface area contributed by atoms with Gasteiger partial charge in [-0.05, 0) is 36.2 Å². The van der Waals surface area contributed by atoms with Gasteiger partial charge in [-0.1, -0.05) is 17.7 Å². The van der Waals surface area contributed by atoms with Crippen molar-refractivity contribution in [3.05, 3.63) is 52.1 Å². The Hall–Kier alpha value is -1.67. The van der Waals surface area contributed by atoms with Crippen molar-refractivity contribution in [2.24, 2.45) is 4.99 Å². The summed E-state index contributed by atoms with van der Waals surface area (Å²) in [6.45, 7) is 0.235. The van der Waals surface area contributed by atoms with Crippen molar-refractivity contribution in [2.45, 2.75) is 12.7 Å². The highest BCUT2D eigenvalue weighted by Gasteiger charge is 2.38. The van der Waals surface area contributed by atoms with Gasteiger partial charge in [0.15, 0.2) is 0 Å². The van der Waals surface area contributed by atoms with Crippen LogP contribution in [-0.4, -0.2) is 16.7 Å². The maximum absolute atomic E-state index is 12.3. The van der Waals surface area contributed by atoms with Crippen LogP contribution in [0.25, 0.3) is 0 Å². The second-order valence-electron chi connectivity index (χ2n) is 3.97. The van der Waals surface area contributed by atoms with Crippen LogP contribution in [0.3, 0.4) is 0 Å². The molecule has 1 amide bonds. The third-order valence-corrected chi connectivity index (χ3v) is 3.46. The van der Waals surface area contributed by atoms with Gasteiger partial charge in [0.2, 0.25) is 0 Å². The van der Waals surface area contributed by atoms with Crippen LogP contribution in [0.1, 0.15) is 0 Å². The molecule has 0 aliphatic carbocycles. The largest absolute Gasteiger partial charge is 0.473 e. The van der Waals surface area contributed by atoms with E-state index in [9.17, 15) is 18.0 Å². The number of nitrogens with one attached hydrogen (secondary N) is 1. The van der Waals surface area contributed by atoms with E-state index in [1.54, 1.807) is 18.2 Å². The lowest BCUT2D eigenvalue weighted by molar-refractivity contribution is -0.169. The Morgan fingerprint density at radius 2 is 2.14 bits per heavy atom. The molecule has 2 heterocycles. The van der Waals surface area contributed by atoms with Crippen molar-refractivity contribution >= 4 is 29.5 Å². The number of aromatic nitrogens is 1. The Kier molecular flexibility index (Phi) is 4.79. The summed E-state index contributed by atoms with van der Waals surface area (Å²) in [5.41, 5.74) is 0.643. The van der Waals surface area contributed by atoms with Crippen LogP contribution in [0.15, 0.2) is 51.6 Å². The molecule has 9 heteroatoms. The normalized spacial score (nSPS) is 16.1. The number of allylic oxidation sites excluding steroid dienone is 3. The number of halogens is 4. The van der Waals surface area contributed by atoms with Gasteiger partial charge in [-0.25, -0.2) is 0 Å². The Balaban J connectivity index is 2.30. The van der Waals surface area contributed by atoms with Gasteiger partial charge in [-0.15, -0.1) is 0 Å². The molecule has 2 rings (SSSR count). The molecule has 0 saturated carbocycles. The second kappa shape index (κ2) is 6.40. The molecule has 112 valence electrons. The van der Waals surface area contributed by atoms with Crippen LogP contribution in [0.5, 0.6) is 0 Å². The van der Waals surface area contributed by atoms with Gasteiger partial charge in [0.25, 0.3) is 0 Å². The number of carbonyl (C=O) groups excluding carboxylic acids is 1. The predicted octanol–water partition coefficient (Wildman–Crippen LogP) is 2.69. The summed E-state index contributed by atoms with van der Waals surface area (Å²) < 4.78 is 41.7. The van der Waals surface area contributed by atoms with E-state index in [1.165, 1.54) is 34.8 Å². The lowest BCUT2D eigenvalue weighted by Crippen LogP contribution is -2.29. The van der Waals surface area contributed by atoms with Crippen molar-refractivity contribution < 1.29 is 18.0 Å². The van der Waals surface area contributed by atoms with E-state index in [0.717, 1.165) is 5.70 Å². The summed E-state index contributed by atoms with van der Waals surface area (Å²) >= 11 is 6.94. The molecule has 1 aromatic heterocycles. The summed E-state index contributed by atoms with van der Waals surface area (Å²) in [6, 6.07) is 4.48. The molecule has 1 aliphatic heterocycles. The maximum Gasteiger partial charge on any atom is 0.473 e. The molecule has 0 atom stereocenters. The van der Waals surface area contributed by atoms with Crippen molar-refractivity contribution in [2.75, 3.05) is 0 Å². The average Bonchev–Trinajstić information content (AvgIpc) is 2.42. The number of pyridine rings is 1. The summed E-state index contributed by atoms with van der Waals surface area (Å²) in [6.07, 6.45) is -0.0782. The van der Waals surface area contributed by atoms with E-state index in [2.05, 4.69) is 9.71 Å². The highest BCUT2D eigenvalue weighted by molar-refractivity contribution is 8.02. The van der Waals surface area contributed by atoms with Gasteiger partial charge in [0.1, 0.15) is 5.49 Å². The molecule has 21 heavy (non-hydrogen) atoms. The highest BCUT2D eigenvalue weighted by Crippen LogP contribution is 2.22. The Morgan fingerprint density at radius 3 is 2.76 bits per heavy atom. The number of hydrogen-bond acceptors (Lipinski definition) is 3. The molecule has 0 fully saturated rings. The molecule has 0 unspecified atom stereocenters. The quantitative estimate of drug-likeness (QED) is 0.845. The van der Waals surface area contributed by atoms with Crippen molar-refractivity contribution in [3.8, 4) is 0 Å². The molecular weight excluding hydrogens is 327 g/mol. The van der Waals surface area contributed by atoms with Crippen LogP contribution in [-0.2, 0) is 11.3 Å². The monoisotopic (exact) mass is 335 g/mol. The van der Waals surface area contributed by atoms with E-state index >= 15 is 0 Å². The minimum Gasteiger partial charge on any atom is -0.327 e. The lowest BCUT2D eigenvalue weighted by Gasteiger charge is -2.15. The minimum absolute atomic E-state index is 0.0758. The Bertz CT molecular complexity index is 679. The van der Waals surface area contributed by atoms with E-state index in [-0.39, 0.29) is 12.0 Å². The fourth-order valence-corrected chi connectivity index (χ4v) is 2.16. The second-order valence-corrected chi connectivity index (χ2v) is 5.45. The van der Waals surface area contributed by atoms with E-state index in [1.807, 2.05) is 0 Å². The molecule has 0 spiro atoms. The molecule has 1 N–H and O–H groups in total. The molecule has 4 nitrogen and oxygen atoms in total. The van der Waals surface area contributed by atoms with E-state index in [0.29, 0.717) is 4.36 Å². The summed E-state index contributed by atoms with van der Waals surface area (Å²) in [5, 5.41) is 0. The van der Waals surface area contributed by atoms with Crippen LogP contribution in [0.4, 0.5) is 13.2 Å². The fourth-order valence-electron chi connectivity index (χ4n) is 1.49. The maximum atomic E-state index is 12.3. The molecule has 0 aromatic carbocycles. The Morgan fingerprint density at radius 1 is 1.38 bits per heavy atom. The smallest absolute Gasteiger partial charge is 0.327 e. The summed E-state index contributed by atoms with van der Waals surface area (Å²) in [7, 11) is 0. The Labute approximate surface area is 127 Å². The van der Waals surface area contributed by atoms with Crippen molar-refractivity contribution in [1.82, 2.24) is 9.29 Å². The number of amides is 1. The first-order chi connectivity index (χ1) is 9.86. The van der Waals surface area contributed by atoms with E-state index in [4.69, 9.17) is 11.6 Å². The van der Waals surface area contributed by atoms with Gasteiger partial charge in [0, 0.05) is 11.9 Å². The van der Waals surface area contributed by atoms with Gasteiger partial charge >= 0.3 is 12.1 Å². The van der Waals surface area contributed by atoms with Crippen molar-refractivity contribution in [1.29, 1.82) is 0 Å². The highest BCUT2D eigenvalue weighted by atomic mass is 35.5. The third kappa shape index (κ3) is 4.40. The van der Waals surface area contributed by atoms with Crippen LogP contribution < -0.4 is 10.2 Å². The zero-order valence-corrected chi connectivity index (χ0v) is 12.0. The first kappa shape index (κ1) is 15.7. The zero-order valence-electron chi connectivity index (χ0n) is 10.4. The van der Waals surface area contributed by atoms with Gasteiger partial charge in [-0.2, -0.15) is 18.2 Å². The number of carbonyl (C=O) groups is 1. The first-order valence-corrected chi connectivity index (χ1v) is 6.86. The number of hydrogen-bond donors (Lipinski definition) is 1. The van der Waals surface area contributed by atoms with Gasteiger partial charge < -0.3 is 9.29 Å². The molecule has 0 bridgehead atoms. The SMILES string of the molecule is O=C(N=c1ccccn1CC1=CC=C(Cl)SN1)C(F)(F)F. The number of rotatable bonds is 2. The van der Waals surface area contributed by atoms with Crippen molar-refractivity contribution in [3.63, 3.8) is 0 Å². The summed E-state index contributed by atoms with van der Waals surface area (Å²) in [4.78, 5) is 14.1.